The van der Waals surface area contributed by atoms with Crippen molar-refractivity contribution in [2.75, 3.05) is 0 Å². The highest BCUT2D eigenvalue weighted by Gasteiger charge is 2.34. The molecule has 2 aliphatic heterocycles. The fourth-order valence-corrected chi connectivity index (χ4v) is 7.38. The fourth-order valence-electron chi connectivity index (χ4n) is 7.38. The first kappa shape index (κ1) is 40.8. The van der Waals surface area contributed by atoms with E-state index >= 15 is 26.3 Å². The summed E-state index contributed by atoms with van der Waals surface area (Å²) >= 11 is 0. The van der Waals surface area contributed by atoms with E-state index in [2.05, 4.69) is 19.9 Å². The van der Waals surface area contributed by atoms with Crippen LogP contribution in [0.25, 0.3) is 90.9 Å². The van der Waals surface area contributed by atoms with Gasteiger partial charge < -0.3 is 9.97 Å². The van der Waals surface area contributed by atoms with E-state index in [-0.39, 0.29) is 16.6 Å². The van der Waals surface area contributed by atoms with Crippen molar-refractivity contribution in [1.29, 1.82) is 0 Å². The van der Waals surface area contributed by atoms with Gasteiger partial charge in [0.15, 0.2) is 69.8 Å². The Kier molecular flexibility index (Phi) is 9.60. The molecule has 5 heterocycles. The predicted molar refractivity (Wildman–Crippen MR) is 200 cm³/mol. The van der Waals surface area contributed by atoms with Gasteiger partial charge >= 0.3 is 0 Å². The Hall–Kier alpha value is -7.57. The van der Waals surface area contributed by atoms with Crippen molar-refractivity contribution < 1.29 is 65.9 Å². The van der Waals surface area contributed by atoms with Crippen LogP contribution in [0, 0.1) is 87.3 Å². The summed E-state index contributed by atoms with van der Waals surface area (Å²) in [6.45, 7) is 0. The first-order valence-electron chi connectivity index (χ1n) is 17.8. The zero-order valence-corrected chi connectivity index (χ0v) is 30.6. The van der Waals surface area contributed by atoms with E-state index in [4.69, 9.17) is 0 Å². The van der Waals surface area contributed by atoms with Gasteiger partial charge in [0.1, 0.15) is 0 Å². The lowest BCUT2D eigenvalue weighted by Crippen LogP contribution is -2.06. The number of halogens is 15. The molecule has 0 aliphatic carbocycles. The number of hydrogen-bond donors (Lipinski definition) is 2. The highest BCUT2D eigenvalue weighted by molar-refractivity contribution is 6.00. The van der Waals surface area contributed by atoms with E-state index in [1.807, 2.05) is 0 Å². The third-order valence-electron chi connectivity index (χ3n) is 10.2. The van der Waals surface area contributed by atoms with Crippen LogP contribution in [-0.4, -0.2) is 19.9 Å². The van der Waals surface area contributed by atoms with Crippen LogP contribution in [0.1, 0.15) is 22.8 Å². The molecular weight excluding hydrogens is 869 g/mol. The van der Waals surface area contributed by atoms with Gasteiger partial charge in [0.05, 0.1) is 39.5 Å². The molecule has 4 aromatic carbocycles. The van der Waals surface area contributed by atoms with E-state index in [1.165, 1.54) is 12.1 Å². The molecule has 0 saturated heterocycles. The number of fused-ring (bicyclic) bond motifs is 8. The average molecular weight is 885 g/mol. The Balaban J connectivity index is 1.56. The second-order valence-corrected chi connectivity index (χ2v) is 13.7. The summed E-state index contributed by atoms with van der Waals surface area (Å²) in [5.41, 5.74) is -11.3. The third kappa shape index (κ3) is 6.11. The molecule has 0 atom stereocenters. The van der Waals surface area contributed by atoms with E-state index in [0.717, 1.165) is 36.4 Å². The minimum Gasteiger partial charge on any atom is -0.354 e. The number of aromatic nitrogens is 4. The van der Waals surface area contributed by atoms with Crippen LogP contribution in [0.2, 0.25) is 0 Å². The molecule has 316 valence electrons. The molecule has 19 heteroatoms. The molecule has 0 radical (unpaired) electrons. The molecule has 0 fully saturated rings. The van der Waals surface area contributed by atoms with E-state index in [1.54, 1.807) is 30.3 Å². The first-order chi connectivity index (χ1) is 30.0. The molecule has 4 nitrogen and oxygen atoms in total. The van der Waals surface area contributed by atoms with Crippen LogP contribution in [0.5, 0.6) is 0 Å². The first-order valence-corrected chi connectivity index (χ1v) is 17.8. The summed E-state index contributed by atoms with van der Waals surface area (Å²) in [7, 11) is 0. The van der Waals surface area contributed by atoms with Crippen LogP contribution < -0.4 is 0 Å². The number of H-pyrrole nitrogens is 2. The molecule has 7 aromatic rings. The van der Waals surface area contributed by atoms with E-state index < -0.39 is 154 Å². The van der Waals surface area contributed by atoms with Gasteiger partial charge in [-0.15, -0.1) is 0 Å². The largest absolute Gasteiger partial charge is 0.354 e. The Labute approximate surface area is 341 Å². The standard InChI is InChI=1S/C44H15F15N4/c45-30-27(31(46)37(52)42(57)36(30)51)24-17-8-6-15(60-17)23(14-4-2-1-3-5-14)16-7-9-18(61-16)25(28-32(47)38(53)43(58)39(54)33(28)48)20-11-13-22(63-20)26(21-12-10-19(24)62-21)29-34(49)40(55)44(59)41(56)35(29)50/h1-13,60-61H. The van der Waals surface area contributed by atoms with Gasteiger partial charge in [0, 0.05) is 44.3 Å². The van der Waals surface area contributed by atoms with E-state index in [0.29, 0.717) is 5.56 Å². The van der Waals surface area contributed by atoms with Gasteiger partial charge in [-0.2, -0.15) is 0 Å². The summed E-state index contributed by atoms with van der Waals surface area (Å²) in [6.07, 6.45) is 3.25. The number of hydrogen-bond acceptors (Lipinski definition) is 2. The smallest absolute Gasteiger partial charge is 0.200 e. The minimum atomic E-state index is -2.62. The van der Waals surface area contributed by atoms with Crippen molar-refractivity contribution in [3.05, 3.63) is 165 Å². The Morgan fingerprint density at radius 3 is 0.825 bits per heavy atom. The number of benzene rings is 4. The minimum absolute atomic E-state index is 0.00925. The maximum Gasteiger partial charge on any atom is 0.200 e. The van der Waals surface area contributed by atoms with Gasteiger partial charge in [-0.3, -0.25) is 0 Å². The number of aromatic amines is 2. The van der Waals surface area contributed by atoms with Gasteiger partial charge in [0.2, 0.25) is 17.5 Å². The summed E-state index contributed by atoms with van der Waals surface area (Å²) in [4.78, 5) is 13.9. The van der Waals surface area contributed by atoms with E-state index in [9.17, 15) is 39.5 Å². The third-order valence-corrected chi connectivity index (χ3v) is 10.2. The zero-order valence-electron chi connectivity index (χ0n) is 30.6. The van der Waals surface area contributed by atoms with Gasteiger partial charge in [-0.1, -0.05) is 30.3 Å². The highest BCUT2D eigenvalue weighted by Crippen LogP contribution is 2.43. The van der Waals surface area contributed by atoms with Crippen molar-refractivity contribution in [2.45, 2.75) is 0 Å². The number of nitrogens with one attached hydrogen (secondary N) is 2. The van der Waals surface area contributed by atoms with Crippen molar-refractivity contribution in [2.24, 2.45) is 0 Å². The molecule has 8 bridgehead atoms. The second kappa shape index (κ2) is 14.8. The molecule has 3 aromatic heterocycles. The molecule has 63 heavy (non-hydrogen) atoms. The SMILES string of the molecule is Fc1c(F)c(F)c(-c2c3nc(c(-c4c(F)c(F)c(F)c(F)c4F)c4ccc([nH]4)c(-c4ccccc4)c4ccc([nH]4)c(-c4c(F)c(F)c(F)c(F)c4F)c4nc2C=C4)C=C3)c(F)c1F. The molecule has 2 aliphatic rings. The Morgan fingerprint density at radius 2 is 0.508 bits per heavy atom. The van der Waals surface area contributed by atoms with Crippen LogP contribution in [-0.2, 0) is 0 Å². The van der Waals surface area contributed by atoms with Crippen LogP contribution >= 0.6 is 0 Å². The monoisotopic (exact) mass is 884 g/mol. The molecule has 0 spiro atoms. The Morgan fingerprint density at radius 1 is 0.254 bits per heavy atom. The second-order valence-electron chi connectivity index (χ2n) is 13.7. The quantitative estimate of drug-likeness (QED) is 0.105. The maximum atomic E-state index is 15.8. The summed E-state index contributed by atoms with van der Waals surface area (Å²) in [6, 6.07) is 12.6. The number of nitrogens with zero attached hydrogens (tertiary/aromatic N) is 2. The molecule has 9 rings (SSSR count). The Bertz CT molecular complexity index is 3150. The van der Waals surface area contributed by atoms with Crippen molar-refractivity contribution in [3.63, 3.8) is 0 Å². The van der Waals surface area contributed by atoms with Crippen molar-refractivity contribution in [3.8, 4) is 44.5 Å². The van der Waals surface area contributed by atoms with Gasteiger partial charge in [-0.05, 0) is 54.1 Å². The average Bonchev–Trinajstić information content (AvgIpc) is 4.14. The van der Waals surface area contributed by atoms with Crippen molar-refractivity contribution in [1.82, 2.24) is 19.9 Å². The normalized spacial score (nSPS) is 12.2. The lowest BCUT2D eigenvalue weighted by molar-refractivity contribution is 0.381. The summed E-state index contributed by atoms with van der Waals surface area (Å²) in [5, 5.41) is 0. The topological polar surface area (TPSA) is 57.4 Å². The highest BCUT2D eigenvalue weighted by atomic mass is 19.2. The molecule has 0 unspecified atom stereocenters. The maximum absolute atomic E-state index is 15.8. The molecular formula is C44H15F15N4. The lowest BCUT2D eigenvalue weighted by atomic mass is 10.00. The van der Waals surface area contributed by atoms with Crippen molar-refractivity contribution >= 4 is 46.4 Å². The molecule has 0 saturated carbocycles. The summed E-state index contributed by atoms with van der Waals surface area (Å²) in [5.74, 6) is -36.7. The lowest BCUT2D eigenvalue weighted by Gasteiger charge is -2.11. The molecule has 0 amide bonds. The summed E-state index contributed by atoms with van der Waals surface area (Å²) < 4.78 is 227. The van der Waals surface area contributed by atoms with Crippen LogP contribution in [0.15, 0.2) is 54.6 Å². The van der Waals surface area contributed by atoms with Gasteiger partial charge in [0.25, 0.3) is 0 Å². The molecule has 2 N–H and O–H groups in total. The van der Waals surface area contributed by atoms with Gasteiger partial charge in [-0.25, -0.2) is 75.8 Å². The van der Waals surface area contributed by atoms with Crippen LogP contribution in [0.4, 0.5) is 65.9 Å². The predicted octanol–water partition coefficient (Wildman–Crippen LogP) is 13.4. The zero-order chi connectivity index (χ0) is 44.9. The fraction of sp³-hybridized carbons (Fsp3) is 0. The number of rotatable bonds is 4. The van der Waals surface area contributed by atoms with Crippen LogP contribution in [0.3, 0.4) is 0 Å².